The minimum Gasteiger partial charge on any atom is -0.385 e. The second-order valence-corrected chi connectivity index (χ2v) is 5.00. The fraction of sp³-hybridized carbons (Fsp3) is 0.571. The lowest BCUT2D eigenvalue weighted by atomic mass is 9.73. The lowest BCUT2D eigenvalue weighted by Crippen LogP contribution is -2.34. The Morgan fingerprint density at radius 2 is 2.00 bits per heavy atom. The van der Waals surface area contributed by atoms with Crippen LogP contribution in [0.3, 0.4) is 0 Å². The van der Waals surface area contributed by atoms with Crippen LogP contribution in [0.2, 0.25) is 0 Å². The first kappa shape index (κ1) is 12.5. The maximum Gasteiger partial charge on any atom is 0.132 e. The molecule has 0 spiro atoms. The van der Waals surface area contributed by atoms with Gasteiger partial charge in [0.25, 0.3) is 0 Å². The smallest absolute Gasteiger partial charge is 0.132 e. The van der Waals surface area contributed by atoms with E-state index >= 15 is 0 Å². The zero-order valence-corrected chi connectivity index (χ0v) is 10.0. The first-order valence-corrected chi connectivity index (χ1v) is 6.23. The molecule has 0 saturated heterocycles. The zero-order chi connectivity index (χ0) is 12.5. The number of hydrogen-bond donors (Lipinski definition) is 1. The molecule has 1 aliphatic carbocycles. The standard InChI is InChI=1S/C14H18F2O/c1-2-10-5-4-8-14(17,9-10)13-11(15)6-3-7-12(13)16/h3,6-7,10,17H,2,4-5,8-9H2,1H3. The van der Waals surface area contributed by atoms with Crippen LogP contribution in [0.1, 0.15) is 44.6 Å². The van der Waals surface area contributed by atoms with E-state index in [1.807, 2.05) is 6.92 Å². The SMILES string of the molecule is CCC1CCCC(O)(c2c(F)cccc2F)C1. The molecule has 1 fully saturated rings. The van der Waals surface area contributed by atoms with Gasteiger partial charge >= 0.3 is 0 Å². The number of benzene rings is 1. The molecule has 2 atom stereocenters. The van der Waals surface area contributed by atoms with Crippen molar-refractivity contribution in [2.45, 2.75) is 44.6 Å². The van der Waals surface area contributed by atoms with Gasteiger partial charge in [-0.25, -0.2) is 8.78 Å². The van der Waals surface area contributed by atoms with E-state index in [0.29, 0.717) is 18.8 Å². The molecule has 0 bridgehead atoms. The second-order valence-electron chi connectivity index (χ2n) is 5.00. The second kappa shape index (κ2) is 4.73. The molecule has 0 heterocycles. The number of hydrogen-bond acceptors (Lipinski definition) is 1. The molecule has 0 aromatic heterocycles. The van der Waals surface area contributed by atoms with Crippen molar-refractivity contribution in [3.63, 3.8) is 0 Å². The highest BCUT2D eigenvalue weighted by molar-refractivity contribution is 5.26. The summed E-state index contributed by atoms with van der Waals surface area (Å²) in [5, 5.41) is 10.5. The van der Waals surface area contributed by atoms with E-state index in [1.165, 1.54) is 18.2 Å². The molecule has 2 unspecified atom stereocenters. The van der Waals surface area contributed by atoms with Gasteiger partial charge in [-0.05, 0) is 37.3 Å². The summed E-state index contributed by atoms with van der Waals surface area (Å²) in [7, 11) is 0. The Hall–Kier alpha value is -0.960. The first-order valence-electron chi connectivity index (χ1n) is 6.23. The van der Waals surface area contributed by atoms with Gasteiger partial charge in [-0.3, -0.25) is 0 Å². The molecule has 2 rings (SSSR count). The minimum absolute atomic E-state index is 0.141. The maximum atomic E-state index is 13.7. The van der Waals surface area contributed by atoms with Crippen LogP contribution in [-0.4, -0.2) is 5.11 Å². The normalized spacial score (nSPS) is 29.3. The zero-order valence-electron chi connectivity index (χ0n) is 10.0. The van der Waals surface area contributed by atoms with E-state index in [4.69, 9.17) is 0 Å². The third kappa shape index (κ3) is 2.34. The largest absolute Gasteiger partial charge is 0.385 e. The summed E-state index contributed by atoms with van der Waals surface area (Å²) in [5.41, 5.74) is -1.47. The summed E-state index contributed by atoms with van der Waals surface area (Å²) in [6, 6.07) is 3.76. The van der Waals surface area contributed by atoms with Crippen LogP contribution >= 0.6 is 0 Å². The van der Waals surface area contributed by atoms with Gasteiger partial charge in [-0.2, -0.15) is 0 Å². The summed E-state index contributed by atoms with van der Waals surface area (Å²) in [4.78, 5) is 0. The van der Waals surface area contributed by atoms with Crippen molar-refractivity contribution in [3.05, 3.63) is 35.4 Å². The average Bonchev–Trinajstić information content (AvgIpc) is 2.28. The van der Waals surface area contributed by atoms with Gasteiger partial charge in [0.15, 0.2) is 0 Å². The Morgan fingerprint density at radius 1 is 1.35 bits per heavy atom. The van der Waals surface area contributed by atoms with E-state index in [9.17, 15) is 13.9 Å². The van der Waals surface area contributed by atoms with Gasteiger partial charge in [-0.15, -0.1) is 0 Å². The summed E-state index contributed by atoms with van der Waals surface area (Å²) in [6.45, 7) is 2.05. The molecule has 17 heavy (non-hydrogen) atoms. The third-order valence-corrected chi connectivity index (χ3v) is 3.83. The highest BCUT2D eigenvalue weighted by Crippen LogP contribution is 2.42. The van der Waals surface area contributed by atoms with Crippen molar-refractivity contribution in [2.75, 3.05) is 0 Å². The molecule has 0 radical (unpaired) electrons. The van der Waals surface area contributed by atoms with Crippen LogP contribution < -0.4 is 0 Å². The monoisotopic (exact) mass is 240 g/mol. The van der Waals surface area contributed by atoms with Crippen LogP contribution in [0, 0.1) is 17.6 Å². The number of aliphatic hydroxyl groups is 1. The predicted octanol–water partition coefficient (Wildman–Crippen LogP) is 3.75. The van der Waals surface area contributed by atoms with Gasteiger partial charge in [0.1, 0.15) is 11.6 Å². The van der Waals surface area contributed by atoms with Gasteiger partial charge in [0.05, 0.1) is 11.2 Å². The topological polar surface area (TPSA) is 20.2 Å². The lowest BCUT2D eigenvalue weighted by molar-refractivity contribution is -0.0274. The van der Waals surface area contributed by atoms with Crippen molar-refractivity contribution in [2.24, 2.45) is 5.92 Å². The Bertz CT molecular complexity index is 385. The molecule has 1 aromatic rings. The Morgan fingerprint density at radius 3 is 2.59 bits per heavy atom. The molecule has 3 heteroatoms. The average molecular weight is 240 g/mol. The fourth-order valence-electron chi connectivity index (χ4n) is 2.88. The lowest BCUT2D eigenvalue weighted by Gasteiger charge is -2.37. The predicted molar refractivity (Wildman–Crippen MR) is 62.5 cm³/mol. The Balaban J connectivity index is 2.37. The van der Waals surface area contributed by atoms with Crippen LogP contribution in [0.15, 0.2) is 18.2 Å². The van der Waals surface area contributed by atoms with Crippen LogP contribution in [-0.2, 0) is 5.60 Å². The van der Waals surface area contributed by atoms with Crippen molar-refractivity contribution < 1.29 is 13.9 Å². The van der Waals surface area contributed by atoms with Gasteiger partial charge in [0.2, 0.25) is 0 Å². The van der Waals surface area contributed by atoms with Gasteiger partial charge < -0.3 is 5.11 Å². The van der Waals surface area contributed by atoms with Gasteiger partial charge in [-0.1, -0.05) is 25.8 Å². The third-order valence-electron chi connectivity index (χ3n) is 3.83. The molecule has 1 aliphatic rings. The Labute approximate surface area is 100 Å². The number of rotatable bonds is 2. The molecule has 1 N–H and O–H groups in total. The maximum absolute atomic E-state index is 13.7. The van der Waals surface area contributed by atoms with Crippen LogP contribution in [0.5, 0.6) is 0 Å². The highest BCUT2D eigenvalue weighted by Gasteiger charge is 2.39. The van der Waals surface area contributed by atoms with E-state index < -0.39 is 17.2 Å². The van der Waals surface area contributed by atoms with Crippen molar-refractivity contribution in [3.8, 4) is 0 Å². The van der Waals surface area contributed by atoms with Crippen LogP contribution in [0.4, 0.5) is 8.78 Å². The minimum atomic E-state index is -1.33. The summed E-state index contributed by atoms with van der Waals surface area (Å²) in [5.74, 6) is -0.915. The van der Waals surface area contributed by atoms with E-state index in [2.05, 4.69) is 0 Å². The van der Waals surface area contributed by atoms with E-state index in [-0.39, 0.29) is 5.56 Å². The highest BCUT2D eigenvalue weighted by atomic mass is 19.1. The molecule has 1 aromatic carbocycles. The van der Waals surface area contributed by atoms with E-state index in [0.717, 1.165) is 19.3 Å². The molecule has 0 amide bonds. The molecular weight excluding hydrogens is 222 g/mol. The fourth-order valence-corrected chi connectivity index (χ4v) is 2.88. The van der Waals surface area contributed by atoms with Crippen LogP contribution in [0.25, 0.3) is 0 Å². The molecule has 1 saturated carbocycles. The quantitative estimate of drug-likeness (QED) is 0.834. The molecule has 94 valence electrons. The van der Waals surface area contributed by atoms with Crippen molar-refractivity contribution in [1.29, 1.82) is 0 Å². The van der Waals surface area contributed by atoms with Crippen molar-refractivity contribution >= 4 is 0 Å². The summed E-state index contributed by atoms with van der Waals surface area (Å²) < 4.78 is 27.4. The summed E-state index contributed by atoms with van der Waals surface area (Å²) >= 11 is 0. The van der Waals surface area contributed by atoms with Crippen molar-refractivity contribution in [1.82, 2.24) is 0 Å². The number of halogens is 2. The molecular formula is C14H18F2O. The molecule has 0 aliphatic heterocycles. The molecule has 1 nitrogen and oxygen atoms in total. The van der Waals surface area contributed by atoms with E-state index in [1.54, 1.807) is 0 Å². The summed E-state index contributed by atoms with van der Waals surface area (Å²) in [6.07, 6.45) is 3.71. The Kier molecular flexibility index (Phi) is 3.48. The first-order chi connectivity index (χ1) is 8.07. The van der Waals surface area contributed by atoms with Gasteiger partial charge in [0, 0.05) is 0 Å².